The van der Waals surface area contributed by atoms with Gasteiger partial charge in [0.05, 0.1) is 10.5 Å². The lowest BCUT2D eigenvalue weighted by Gasteiger charge is -2.08. The van der Waals surface area contributed by atoms with Gasteiger partial charge in [0.25, 0.3) is 5.91 Å². The molecule has 0 unspecified atom stereocenters. The van der Waals surface area contributed by atoms with Gasteiger partial charge in [0.1, 0.15) is 17.6 Å². The van der Waals surface area contributed by atoms with Gasteiger partial charge in [-0.05, 0) is 34.4 Å². The normalized spacial score (nSPS) is 11.0. The van der Waals surface area contributed by atoms with Crippen LogP contribution in [-0.4, -0.2) is 33.4 Å². The van der Waals surface area contributed by atoms with Gasteiger partial charge in [0, 0.05) is 0 Å². The zero-order valence-electron chi connectivity index (χ0n) is 14.9. The molecule has 0 bridgehead atoms. The highest BCUT2D eigenvalue weighted by Gasteiger charge is 2.17. The van der Waals surface area contributed by atoms with Crippen molar-refractivity contribution in [2.45, 2.75) is 4.90 Å². The number of rotatable bonds is 7. The molecule has 1 heterocycles. The van der Waals surface area contributed by atoms with E-state index in [1.165, 1.54) is 12.1 Å². The summed E-state index contributed by atoms with van der Waals surface area (Å²) in [6, 6.07) is 15.4. The molecule has 8 nitrogen and oxygen atoms in total. The highest BCUT2D eigenvalue weighted by molar-refractivity contribution is 7.89. The molecule has 0 aliphatic rings. The average Bonchev–Trinajstić information content (AvgIpc) is 3.17. The number of nitrogens with zero attached hydrogens (tertiary/aromatic N) is 1. The van der Waals surface area contributed by atoms with Crippen molar-refractivity contribution in [1.82, 2.24) is 4.72 Å². The maximum atomic E-state index is 12.4. The number of benzene rings is 2. The number of amides is 1. The fourth-order valence-corrected chi connectivity index (χ4v) is 4.18. The van der Waals surface area contributed by atoms with E-state index < -0.39 is 35.1 Å². The largest absolute Gasteiger partial charge is 0.455 e. The van der Waals surface area contributed by atoms with E-state index in [9.17, 15) is 18.0 Å². The summed E-state index contributed by atoms with van der Waals surface area (Å²) in [7, 11) is -3.92. The Morgan fingerprint density at radius 2 is 1.86 bits per heavy atom. The fraction of sp³-hybridized carbons (Fsp3) is 0.105. The number of ether oxygens (including phenoxy) is 1. The molecule has 29 heavy (non-hydrogen) atoms. The lowest BCUT2D eigenvalue weighted by molar-refractivity contribution is -0.146. The maximum absolute atomic E-state index is 12.4. The van der Waals surface area contributed by atoms with Crippen molar-refractivity contribution in [3.8, 4) is 6.07 Å². The number of nitriles is 1. The Labute approximate surface area is 170 Å². The average molecular weight is 429 g/mol. The molecule has 10 heteroatoms. The molecular weight excluding hydrogens is 414 g/mol. The highest BCUT2D eigenvalue weighted by atomic mass is 32.2. The lowest BCUT2D eigenvalue weighted by atomic mass is 10.1. The van der Waals surface area contributed by atoms with Crippen LogP contribution in [0.5, 0.6) is 0 Å². The van der Waals surface area contributed by atoms with Gasteiger partial charge in [-0.15, -0.1) is 11.3 Å². The Morgan fingerprint density at radius 3 is 2.62 bits per heavy atom. The Morgan fingerprint density at radius 1 is 1.10 bits per heavy atom. The van der Waals surface area contributed by atoms with Crippen LogP contribution in [0.4, 0.5) is 5.00 Å². The van der Waals surface area contributed by atoms with Crippen LogP contribution >= 0.6 is 11.3 Å². The smallest absolute Gasteiger partial charge is 0.321 e. The summed E-state index contributed by atoms with van der Waals surface area (Å²) in [5, 5.41) is 15.0. The molecule has 0 saturated heterocycles. The number of anilines is 1. The van der Waals surface area contributed by atoms with Crippen molar-refractivity contribution >= 4 is 49.0 Å². The summed E-state index contributed by atoms with van der Waals surface area (Å²) in [6.45, 7) is -1.22. The molecule has 3 rings (SSSR count). The number of thiophene rings is 1. The van der Waals surface area contributed by atoms with Crippen molar-refractivity contribution in [1.29, 1.82) is 5.26 Å². The molecule has 0 spiro atoms. The number of sulfonamides is 1. The minimum Gasteiger partial charge on any atom is -0.455 e. The molecule has 0 radical (unpaired) electrons. The van der Waals surface area contributed by atoms with Gasteiger partial charge in [-0.2, -0.15) is 9.98 Å². The second-order valence-corrected chi connectivity index (χ2v) is 8.50. The third kappa shape index (κ3) is 5.17. The summed E-state index contributed by atoms with van der Waals surface area (Å²) >= 11 is 1.16. The van der Waals surface area contributed by atoms with E-state index in [0.717, 1.165) is 22.1 Å². The first-order chi connectivity index (χ1) is 13.9. The highest BCUT2D eigenvalue weighted by Crippen LogP contribution is 2.22. The zero-order chi connectivity index (χ0) is 20.9. The molecular formula is C19H15N3O5S2. The van der Waals surface area contributed by atoms with Crippen molar-refractivity contribution in [2.24, 2.45) is 0 Å². The van der Waals surface area contributed by atoms with E-state index in [-0.39, 0.29) is 4.90 Å². The van der Waals surface area contributed by atoms with Crippen LogP contribution in [-0.2, 0) is 24.3 Å². The molecule has 3 aromatic rings. The second-order valence-electron chi connectivity index (χ2n) is 5.82. The minimum atomic E-state index is -3.92. The van der Waals surface area contributed by atoms with E-state index >= 15 is 0 Å². The number of carbonyl (C=O) groups excluding carboxylic acids is 2. The third-order valence-corrected chi connectivity index (χ3v) is 6.07. The molecule has 148 valence electrons. The minimum absolute atomic E-state index is 0.0171. The first kappa shape index (κ1) is 20.5. The molecule has 0 atom stereocenters. The van der Waals surface area contributed by atoms with E-state index in [1.807, 2.05) is 18.2 Å². The molecule has 2 N–H and O–H groups in total. The quantitative estimate of drug-likeness (QED) is 0.555. The Hall–Kier alpha value is -3.26. The number of esters is 1. The number of hydrogen-bond donors (Lipinski definition) is 2. The molecule has 1 amide bonds. The van der Waals surface area contributed by atoms with E-state index in [4.69, 9.17) is 10.00 Å². The summed E-state index contributed by atoms with van der Waals surface area (Å²) < 4.78 is 31.7. The Bertz CT molecular complexity index is 1210. The first-order valence-corrected chi connectivity index (χ1v) is 10.7. The van der Waals surface area contributed by atoms with Gasteiger partial charge < -0.3 is 10.1 Å². The number of hydrogen-bond acceptors (Lipinski definition) is 7. The van der Waals surface area contributed by atoms with Crippen molar-refractivity contribution in [3.05, 3.63) is 59.5 Å². The standard InChI is InChI=1S/C19H15N3O5S2/c20-10-15-7-8-28-19(15)22-17(23)12-27-18(24)11-21-29(25,26)16-6-5-13-3-1-2-4-14(13)9-16/h1-9,21H,11-12H2,(H,22,23). The number of fused-ring (bicyclic) bond motifs is 1. The molecule has 0 aliphatic heterocycles. The first-order valence-electron chi connectivity index (χ1n) is 8.30. The molecule has 0 saturated carbocycles. The zero-order valence-corrected chi connectivity index (χ0v) is 16.5. The lowest BCUT2D eigenvalue weighted by Crippen LogP contribution is -2.32. The Balaban J connectivity index is 1.52. The molecule has 1 aromatic heterocycles. The van der Waals surface area contributed by atoms with Crippen molar-refractivity contribution < 1.29 is 22.7 Å². The van der Waals surface area contributed by atoms with Crippen LogP contribution in [0.15, 0.2) is 58.8 Å². The molecule has 0 aliphatic carbocycles. The summed E-state index contributed by atoms with van der Waals surface area (Å²) in [6.07, 6.45) is 0. The summed E-state index contributed by atoms with van der Waals surface area (Å²) in [5.74, 6) is -1.54. The molecule has 0 fully saturated rings. The third-order valence-electron chi connectivity index (χ3n) is 3.84. The summed E-state index contributed by atoms with van der Waals surface area (Å²) in [5.41, 5.74) is 0.304. The van der Waals surface area contributed by atoms with Gasteiger partial charge >= 0.3 is 5.97 Å². The van der Waals surface area contributed by atoms with E-state index in [1.54, 1.807) is 29.6 Å². The van der Waals surface area contributed by atoms with Gasteiger partial charge in [0.15, 0.2) is 6.61 Å². The maximum Gasteiger partial charge on any atom is 0.321 e. The van der Waals surface area contributed by atoms with Gasteiger partial charge in [0.2, 0.25) is 10.0 Å². The molecule has 2 aromatic carbocycles. The number of carbonyl (C=O) groups is 2. The predicted molar refractivity (Wildman–Crippen MR) is 108 cm³/mol. The topological polar surface area (TPSA) is 125 Å². The van der Waals surface area contributed by atoms with Crippen molar-refractivity contribution in [2.75, 3.05) is 18.5 Å². The fourth-order valence-electron chi connectivity index (χ4n) is 2.43. The number of nitrogens with one attached hydrogen (secondary N) is 2. The monoisotopic (exact) mass is 429 g/mol. The Kier molecular flexibility index (Phi) is 6.23. The van der Waals surface area contributed by atoms with E-state index in [2.05, 4.69) is 10.0 Å². The van der Waals surface area contributed by atoms with Gasteiger partial charge in [-0.1, -0.05) is 30.3 Å². The van der Waals surface area contributed by atoms with Crippen LogP contribution in [0.25, 0.3) is 10.8 Å². The predicted octanol–water partition coefficient (Wildman–Crippen LogP) is 2.23. The van der Waals surface area contributed by atoms with Crippen LogP contribution in [0.1, 0.15) is 5.56 Å². The van der Waals surface area contributed by atoms with Gasteiger partial charge in [-0.3, -0.25) is 9.59 Å². The SMILES string of the molecule is N#Cc1ccsc1NC(=O)COC(=O)CNS(=O)(=O)c1ccc2ccccc2c1. The van der Waals surface area contributed by atoms with Gasteiger partial charge in [-0.25, -0.2) is 8.42 Å². The van der Waals surface area contributed by atoms with Crippen molar-refractivity contribution in [3.63, 3.8) is 0 Å². The second kappa shape index (κ2) is 8.83. The van der Waals surface area contributed by atoms with Crippen LogP contribution < -0.4 is 10.0 Å². The van der Waals surface area contributed by atoms with Crippen LogP contribution in [0.2, 0.25) is 0 Å². The van der Waals surface area contributed by atoms with Crippen LogP contribution in [0, 0.1) is 11.3 Å². The van der Waals surface area contributed by atoms with E-state index in [0.29, 0.717) is 10.6 Å². The summed E-state index contributed by atoms with van der Waals surface area (Å²) in [4.78, 5) is 23.6. The van der Waals surface area contributed by atoms with Crippen LogP contribution in [0.3, 0.4) is 0 Å².